The molecule has 39 heavy (non-hydrogen) atoms. The summed E-state index contributed by atoms with van der Waals surface area (Å²) >= 11 is 0. The molecule has 2 aromatic carbocycles. The number of nitriles is 1. The number of benzene rings is 2. The van der Waals surface area contributed by atoms with E-state index in [1.807, 2.05) is 54.7 Å². The van der Waals surface area contributed by atoms with Crippen LogP contribution in [0.1, 0.15) is 12.5 Å². The summed E-state index contributed by atoms with van der Waals surface area (Å²) in [6.07, 6.45) is 3.63. The number of aromatic amines is 1. The summed E-state index contributed by atoms with van der Waals surface area (Å²) < 4.78 is 16.6. The number of hydrogen-bond acceptors (Lipinski definition) is 9. The Balaban J connectivity index is 0.000000631. The molecule has 0 radical (unpaired) electrons. The van der Waals surface area contributed by atoms with E-state index < -0.39 is 18.0 Å². The van der Waals surface area contributed by atoms with Crippen LogP contribution in [-0.4, -0.2) is 69.3 Å². The van der Waals surface area contributed by atoms with Gasteiger partial charge in [0.15, 0.2) is 12.4 Å². The zero-order valence-corrected chi connectivity index (χ0v) is 21.0. The normalized spacial score (nSPS) is 12.0. The number of rotatable bonds is 11. The molecule has 4 aromatic rings. The van der Waals surface area contributed by atoms with Gasteiger partial charge >= 0.3 is 11.9 Å². The van der Waals surface area contributed by atoms with Gasteiger partial charge in [-0.2, -0.15) is 5.26 Å². The average molecular weight is 537 g/mol. The molecule has 5 N–H and O–H groups in total. The summed E-state index contributed by atoms with van der Waals surface area (Å²) in [5.41, 5.74) is 2.81. The fourth-order valence-electron chi connectivity index (χ4n) is 3.72. The van der Waals surface area contributed by atoms with Crippen LogP contribution in [-0.2, 0) is 16.0 Å². The van der Waals surface area contributed by atoms with E-state index in [1.54, 1.807) is 12.3 Å². The molecule has 0 saturated heterocycles. The van der Waals surface area contributed by atoms with Crippen molar-refractivity contribution in [3.05, 3.63) is 66.5 Å². The van der Waals surface area contributed by atoms with Crippen molar-refractivity contribution in [2.75, 3.05) is 19.8 Å². The van der Waals surface area contributed by atoms with Crippen molar-refractivity contribution in [2.45, 2.75) is 25.5 Å². The summed E-state index contributed by atoms with van der Waals surface area (Å²) in [5, 5.41) is 42.1. The molecule has 2 atom stereocenters. The Hall–Kier alpha value is -4.86. The maximum Gasteiger partial charge on any atom is 0.414 e. The number of carbonyl (C=O) groups is 2. The lowest BCUT2D eigenvalue weighted by Crippen LogP contribution is -2.37. The quantitative estimate of drug-likeness (QED) is 0.177. The number of aliphatic hydroxyl groups is 1. The third-order valence-electron chi connectivity index (χ3n) is 5.49. The number of ether oxygens (including phenoxy) is 2. The third-order valence-corrected chi connectivity index (χ3v) is 5.49. The van der Waals surface area contributed by atoms with E-state index in [1.165, 1.54) is 0 Å². The van der Waals surface area contributed by atoms with Crippen LogP contribution < -0.4 is 14.8 Å². The van der Waals surface area contributed by atoms with E-state index in [2.05, 4.69) is 22.4 Å². The second-order valence-corrected chi connectivity index (χ2v) is 8.40. The molecule has 1 unspecified atom stereocenters. The number of fused-ring (bicyclic) bond motifs is 1. The molecule has 2 heterocycles. The molecular weight excluding hydrogens is 508 g/mol. The number of aliphatic carboxylic acids is 2. The average Bonchev–Trinajstić information content (AvgIpc) is 3.61. The molecule has 0 aliphatic rings. The van der Waals surface area contributed by atoms with Gasteiger partial charge in [-0.3, -0.25) is 0 Å². The van der Waals surface area contributed by atoms with Gasteiger partial charge in [-0.05, 0) is 37.1 Å². The second-order valence-electron chi connectivity index (χ2n) is 8.40. The van der Waals surface area contributed by atoms with Gasteiger partial charge in [0.2, 0.25) is 0 Å². The number of nitrogens with zero attached hydrogens (tertiary/aromatic N) is 2. The van der Waals surface area contributed by atoms with E-state index in [9.17, 15) is 5.11 Å². The van der Waals surface area contributed by atoms with Gasteiger partial charge in [0.1, 0.15) is 30.3 Å². The monoisotopic (exact) mass is 536 g/mol. The van der Waals surface area contributed by atoms with Crippen LogP contribution in [0, 0.1) is 11.3 Å². The van der Waals surface area contributed by atoms with Gasteiger partial charge in [0, 0.05) is 30.2 Å². The van der Waals surface area contributed by atoms with Crippen molar-refractivity contribution in [1.82, 2.24) is 15.5 Å². The summed E-state index contributed by atoms with van der Waals surface area (Å²) in [4.78, 5) is 21.4. The molecule has 0 spiro atoms. The first-order valence-electron chi connectivity index (χ1n) is 11.9. The van der Waals surface area contributed by atoms with Gasteiger partial charge in [0.25, 0.3) is 0 Å². The molecule has 204 valence electrons. The molecule has 0 aliphatic carbocycles. The smallest absolute Gasteiger partial charge is 0.414 e. The largest absolute Gasteiger partial charge is 0.490 e. The number of H-pyrrole nitrogens is 1. The van der Waals surface area contributed by atoms with Crippen molar-refractivity contribution in [3.63, 3.8) is 0 Å². The lowest BCUT2D eigenvalue weighted by atomic mass is 10.1. The number of carboxylic acids is 2. The summed E-state index contributed by atoms with van der Waals surface area (Å²) in [5.74, 6) is -1.73. The van der Waals surface area contributed by atoms with E-state index in [-0.39, 0.29) is 19.3 Å². The van der Waals surface area contributed by atoms with Crippen LogP contribution in [0.2, 0.25) is 0 Å². The SMILES string of the molecule is CC(Cc1c[nH]c2c(OCC#N)cccc12)NC[C@H](O)COc1ccccc1-c1ccno1.O=C(O)C(=O)O. The Morgan fingerprint density at radius 3 is 2.54 bits per heavy atom. The minimum atomic E-state index is -1.82. The highest BCUT2D eigenvalue weighted by atomic mass is 16.5. The fraction of sp³-hybridized carbons (Fsp3) is 0.259. The Morgan fingerprint density at radius 1 is 1.10 bits per heavy atom. The topological polar surface area (TPSA) is 191 Å². The number of nitrogens with one attached hydrogen (secondary N) is 2. The maximum atomic E-state index is 10.4. The zero-order chi connectivity index (χ0) is 28.2. The molecule has 0 saturated carbocycles. The van der Waals surface area contributed by atoms with Crippen LogP contribution in [0.25, 0.3) is 22.2 Å². The molecule has 12 heteroatoms. The summed E-state index contributed by atoms with van der Waals surface area (Å²) in [6, 6.07) is 17.2. The van der Waals surface area contributed by atoms with E-state index in [4.69, 9.17) is 39.1 Å². The minimum absolute atomic E-state index is 0.00820. The third kappa shape index (κ3) is 8.32. The number of aromatic nitrogens is 2. The van der Waals surface area contributed by atoms with Gasteiger partial charge in [0.05, 0.1) is 17.3 Å². The number of carboxylic acid groups (broad SMARTS) is 2. The molecule has 2 aromatic heterocycles. The highest BCUT2D eigenvalue weighted by Gasteiger charge is 2.15. The van der Waals surface area contributed by atoms with Crippen molar-refractivity contribution in [3.8, 4) is 28.9 Å². The summed E-state index contributed by atoms with van der Waals surface area (Å²) in [7, 11) is 0. The van der Waals surface area contributed by atoms with Crippen LogP contribution in [0.3, 0.4) is 0 Å². The Bertz CT molecular complexity index is 1400. The van der Waals surface area contributed by atoms with Crippen LogP contribution >= 0.6 is 0 Å². The first-order valence-corrected chi connectivity index (χ1v) is 11.9. The maximum absolute atomic E-state index is 10.4. The van der Waals surface area contributed by atoms with Crippen LogP contribution in [0.4, 0.5) is 0 Å². The fourth-order valence-corrected chi connectivity index (χ4v) is 3.72. The first kappa shape index (κ1) is 28.7. The molecular formula is C27H28N4O8. The van der Waals surface area contributed by atoms with Crippen molar-refractivity contribution >= 4 is 22.8 Å². The van der Waals surface area contributed by atoms with Gasteiger partial charge < -0.3 is 39.6 Å². The highest BCUT2D eigenvalue weighted by Crippen LogP contribution is 2.30. The van der Waals surface area contributed by atoms with Crippen LogP contribution in [0.5, 0.6) is 11.5 Å². The number of para-hydroxylation sites is 2. The Kier molecular flexibility index (Phi) is 10.4. The molecule has 4 rings (SSSR count). The van der Waals surface area contributed by atoms with Gasteiger partial charge in [-0.15, -0.1) is 0 Å². The van der Waals surface area contributed by atoms with Crippen molar-refractivity contribution in [1.29, 1.82) is 5.26 Å². The van der Waals surface area contributed by atoms with Crippen molar-refractivity contribution < 1.29 is 38.9 Å². The summed E-state index contributed by atoms with van der Waals surface area (Å²) in [6.45, 7) is 2.62. The van der Waals surface area contributed by atoms with Crippen molar-refractivity contribution in [2.24, 2.45) is 0 Å². The first-order chi connectivity index (χ1) is 18.8. The van der Waals surface area contributed by atoms with E-state index in [0.717, 1.165) is 28.5 Å². The predicted octanol–water partition coefficient (Wildman–Crippen LogP) is 2.84. The molecule has 0 fully saturated rings. The standard InChI is InChI=1S/C25H26N4O4.C2H2O4/c1-17(13-18-14-28-25-20(18)6-4-8-24(25)31-12-10-26)27-15-19(30)16-32-22-7-3-2-5-21(22)23-9-11-29-33-23;3-1(4)2(5)6/h2-9,11,14,17,19,27-28,30H,12-13,15-16H2,1H3;(H,3,4)(H,5,6)/t17?,19-;/m0./s1. The molecule has 0 amide bonds. The van der Waals surface area contributed by atoms with Gasteiger partial charge in [-0.1, -0.05) is 29.4 Å². The van der Waals surface area contributed by atoms with Gasteiger partial charge in [-0.25, -0.2) is 9.59 Å². The molecule has 0 bridgehead atoms. The predicted molar refractivity (Wildman–Crippen MR) is 139 cm³/mol. The molecule has 0 aliphatic heterocycles. The zero-order valence-electron chi connectivity index (χ0n) is 21.0. The Labute approximate surface area is 223 Å². The van der Waals surface area contributed by atoms with E-state index >= 15 is 0 Å². The second kappa shape index (κ2) is 14.2. The van der Waals surface area contributed by atoms with Crippen LogP contribution in [0.15, 0.2) is 65.4 Å². The Morgan fingerprint density at radius 2 is 1.85 bits per heavy atom. The highest BCUT2D eigenvalue weighted by molar-refractivity contribution is 6.27. The number of aliphatic hydroxyl groups excluding tert-OH is 1. The lowest BCUT2D eigenvalue weighted by molar-refractivity contribution is -0.159. The van der Waals surface area contributed by atoms with E-state index in [0.29, 0.717) is 23.8 Å². The lowest BCUT2D eigenvalue weighted by Gasteiger charge is -2.18. The number of hydrogen-bond donors (Lipinski definition) is 5. The molecule has 12 nitrogen and oxygen atoms in total. The minimum Gasteiger partial charge on any atom is -0.490 e.